The molecule has 0 saturated carbocycles. The van der Waals surface area contributed by atoms with Gasteiger partial charge in [0.15, 0.2) is 0 Å². The number of carbonyl (C=O) groups excluding carboxylic acids is 2. The third-order valence-corrected chi connectivity index (χ3v) is 5.45. The Kier molecular flexibility index (Phi) is 5.17. The zero-order chi connectivity index (χ0) is 22.9. The summed E-state index contributed by atoms with van der Waals surface area (Å²) in [6.07, 6.45) is 1.83. The van der Waals surface area contributed by atoms with E-state index < -0.39 is 11.9 Å². The van der Waals surface area contributed by atoms with Crippen LogP contribution in [0.2, 0.25) is 0 Å². The van der Waals surface area contributed by atoms with E-state index in [0.29, 0.717) is 22.8 Å². The lowest BCUT2D eigenvalue weighted by atomic mass is 10.1. The second-order valence-electron chi connectivity index (χ2n) is 7.59. The van der Waals surface area contributed by atoms with Crippen molar-refractivity contribution in [3.05, 3.63) is 77.8 Å². The topological polar surface area (TPSA) is 113 Å². The number of benzene rings is 2. The second kappa shape index (κ2) is 8.30. The lowest BCUT2D eigenvalue weighted by Gasteiger charge is -2.21. The Balaban J connectivity index is 1.33. The molecule has 2 amide bonds. The van der Waals surface area contributed by atoms with E-state index in [1.54, 1.807) is 43.6 Å². The highest BCUT2D eigenvalue weighted by Gasteiger charge is 2.32. The van der Waals surface area contributed by atoms with E-state index in [1.807, 2.05) is 12.1 Å². The highest BCUT2D eigenvalue weighted by atomic mass is 19.1. The first-order chi connectivity index (χ1) is 16.0. The van der Waals surface area contributed by atoms with Crippen molar-refractivity contribution >= 4 is 28.4 Å². The zero-order valence-electron chi connectivity index (χ0n) is 17.6. The number of aromatic amines is 1. The van der Waals surface area contributed by atoms with Crippen LogP contribution in [0.25, 0.3) is 10.9 Å². The van der Waals surface area contributed by atoms with Crippen LogP contribution in [0, 0.1) is 5.82 Å². The molecule has 0 spiro atoms. The maximum absolute atomic E-state index is 13.9. The summed E-state index contributed by atoms with van der Waals surface area (Å²) < 4.78 is 19.7. The van der Waals surface area contributed by atoms with E-state index in [0.717, 1.165) is 10.9 Å². The van der Waals surface area contributed by atoms with Crippen molar-refractivity contribution in [2.45, 2.75) is 12.5 Å². The summed E-state index contributed by atoms with van der Waals surface area (Å²) in [6, 6.07) is 12.6. The fraction of sp³-hybridized carbons (Fsp3) is 0.174. The molecule has 1 aliphatic rings. The maximum Gasteiger partial charge on any atom is 0.291 e. The minimum Gasteiger partial charge on any atom is -0.489 e. The van der Waals surface area contributed by atoms with Crippen LogP contribution in [0.5, 0.6) is 5.75 Å². The summed E-state index contributed by atoms with van der Waals surface area (Å²) in [5, 5.41) is 9.96. The van der Waals surface area contributed by atoms with Gasteiger partial charge < -0.3 is 15.0 Å². The van der Waals surface area contributed by atoms with Crippen molar-refractivity contribution in [2.24, 2.45) is 0 Å². The Morgan fingerprint density at radius 3 is 2.94 bits per heavy atom. The van der Waals surface area contributed by atoms with Gasteiger partial charge in [-0.05, 0) is 35.9 Å². The average Bonchev–Trinajstić information content (AvgIpc) is 3.26. The number of amides is 2. The highest BCUT2D eigenvalue weighted by Crippen LogP contribution is 2.37. The van der Waals surface area contributed by atoms with Gasteiger partial charge >= 0.3 is 0 Å². The number of carbonyl (C=O) groups is 2. The number of likely N-dealkylation sites (N-methyl/N-ethyl adjacent to an activating group) is 1. The third kappa shape index (κ3) is 3.86. The number of aromatic nitrogens is 4. The van der Waals surface area contributed by atoms with E-state index >= 15 is 0 Å². The molecule has 1 atom stereocenters. The number of hydrogen-bond donors (Lipinski definition) is 2. The van der Waals surface area contributed by atoms with E-state index in [4.69, 9.17) is 4.74 Å². The molecule has 0 unspecified atom stereocenters. The molecule has 2 aromatic heterocycles. The van der Waals surface area contributed by atoms with Crippen LogP contribution in [0.4, 0.5) is 10.1 Å². The van der Waals surface area contributed by atoms with E-state index in [2.05, 4.69) is 25.5 Å². The summed E-state index contributed by atoms with van der Waals surface area (Å²) in [7, 11) is 1.63. The number of pyridine rings is 1. The quantitative estimate of drug-likeness (QED) is 0.497. The van der Waals surface area contributed by atoms with E-state index in [-0.39, 0.29) is 30.6 Å². The summed E-state index contributed by atoms with van der Waals surface area (Å²) in [5.41, 5.74) is 1.74. The number of rotatable bonds is 4. The number of hydrogen-bond acceptors (Lipinski definition) is 6. The predicted octanol–water partition coefficient (Wildman–Crippen LogP) is 2.24. The lowest BCUT2D eigenvalue weighted by Crippen LogP contribution is -2.49. The largest absolute Gasteiger partial charge is 0.489 e. The van der Waals surface area contributed by atoms with Crippen molar-refractivity contribution in [2.75, 3.05) is 18.6 Å². The van der Waals surface area contributed by atoms with Crippen LogP contribution >= 0.6 is 0 Å². The van der Waals surface area contributed by atoms with Gasteiger partial charge in [0.05, 0.1) is 11.2 Å². The molecule has 5 rings (SSSR count). The van der Waals surface area contributed by atoms with Crippen molar-refractivity contribution < 1.29 is 18.7 Å². The molecule has 0 radical (unpaired) electrons. The smallest absolute Gasteiger partial charge is 0.291 e. The number of ether oxygens (including phenoxy) is 1. The minimum atomic E-state index is -0.949. The molecular weight excluding hydrogens is 427 g/mol. The van der Waals surface area contributed by atoms with Crippen LogP contribution in [-0.4, -0.2) is 51.7 Å². The standard InChI is InChI=1S/C23H19FN6O3/c1-30-20-14-6-4-10-25-16(14)8-9-18(20)33-12-17(23(30)32)26-22(31)21-27-19(28-29-21)11-13-5-2-3-7-15(13)24/h2-10,17H,11-12H2,1H3,(H,26,31)(H,27,28,29)/t17-/m0/s1. The van der Waals surface area contributed by atoms with Gasteiger partial charge in [-0.25, -0.2) is 9.37 Å². The molecule has 4 aromatic rings. The molecule has 0 saturated heterocycles. The van der Waals surface area contributed by atoms with Crippen molar-refractivity contribution in [3.63, 3.8) is 0 Å². The van der Waals surface area contributed by atoms with Gasteiger partial charge in [0.2, 0.25) is 5.82 Å². The predicted molar refractivity (Wildman–Crippen MR) is 117 cm³/mol. The molecule has 0 aliphatic carbocycles. The number of nitrogens with one attached hydrogen (secondary N) is 2. The molecule has 0 bridgehead atoms. The number of halogens is 1. The summed E-state index contributed by atoms with van der Waals surface area (Å²) in [6.45, 7) is -0.0554. The van der Waals surface area contributed by atoms with Crippen LogP contribution in [0.1, 0.15) is 22.0 Å². The lowest BCUT2D eigenvalue weighted by molar-refractivity contribution is -0.120. The number of anilines is 1. The maximum atomic E-state index is 13.9. The highest BCUT2D eigenvalue weighted by molar-refractivity contribution is 6.08. The van der Waals surface area contributed by atoms with Crippen LogP contribution in [0.3, 0.4) is 0 Å². The molecule has 0 fully saturated rings. The molecular formula is C23H19FN6O3. The van der Waals surface area contributed by atoms with Crippen LogP contribution < -0.4 is 15.0 Å². The molecule has 9 nitrogen and oxygen atoms in total. The molecule has 1 aliphatic heterocycles. The molecule has 3 heterocycles. The first-order valence-electron chi connectivity index (χ1n) is 10.2. The Hall–Kier alpha value is -4.34. The van der Waals surface area contributed by atoms with Gasteiger partial charge in [-0.3, -0.25) is 19.7 Å². The molecule has 166 valence electrons. The number of H-pyrrole nitrogens is 1. The molecule has 2 N–H and O–H groups in total. The van der Waals surface area contributed by atoms with Crippen molar-refractivity contribution in [3.8, 4) is 5.75 Å². The third-order valence-electron chi connectivity index (χ3n) is 5.45. The summed E-state index contributed by atoms with van der Waals surface area (Å²) >= 11 is 0. The molecule has 10 heteroatoms. The first-order valence-corrected chi connectivity index (χ1v) is 10.2. The normalized spacial score (nSPS) is 15.6. The van der Waals surface area contributed by atoms with E-state index in [1.165, 1.54) is 11.0 Å². The Morgan fingerprint density at radius 2 is 2.09 bits per heavy atom. The van der Waals surface area contributed by atoms with Crippen molar-refractivity contribution in [1.29, 1.82) is 0 Å². The Labute approximate surface area is 187 Å². The van der Waals surface area contributed by atoms with Gasteiger partial charge in [0, 0.05) is 25.1 Å². The minimum absolute atomic E-state index is 0.0554. The summed E-state index contributed by atoms with van der Waals surface area (Å²) in [4.78, 5) is 35.8. The van der Waals surface area contributed by atoms with Gasteiger partial charge in [0.1, 0.15) is 30.0 Å². The van der Waals surface area contributed by atoms with Gasteiger partial charge in [-0.15, -0.1) is 5.10 Å². The van der Waals surface area contributed by atoms with Gasteiger partial charge in [0.25, 0.3) is 11.8 Å². The Bertz CT molecular complexity index is 1370. The van der Waals surface area contributed by atoms with Crippen LogP contribution in [0.15, 0.2) is 54.7 Å². The fourth-order valence-electron chi connectivity index (χ4n) is 3.79. The number of fused-ring (bicyclic) bond motifs is 3. The van der Waals surface area contributed by atoms with E-state index in [9.17, 15) is 14.0 Å². The van der Waals surface area contributed by atoms with Gasteiger partial charge in [-0.1, -0.05) is 18.2 Å². The fourth-order valence-corrected chi connectivity index (χ4v) is 3.79. The first kappa shape index (κ1) is 20.6. The molecule has 2 aromatic carbocycles. The second-order valence-corrected chi connectivity index (χ2v) is 7.59. The number of nitrogens with zero attached hydrogens (tertiary/aromatic N) is 4. The monoisotopic (exact) mass is 446 g/mol. The summed E-state index contributed by atoms with van der Waals surface area (Å²) in [5.74, 6) is -0.649. The van der Waals surface area contributed by atoms with Gasteiger partial charge in [-0.2, -0.15) is 0 Å². The Morgan fingerprint density at radius 1 is 1.24 bits per heavy atom. The molecule has 33 heavy (non-hydrogen) atoms. The van der Waals surface area contributed by atoms with Crippen LogP contribution in [-0.2, 0) is 11.2 Å². The zero-order valence-corrected chi connectivity index (χ0v) is 17.6. The average molecular weight is 446 g/mol. The SMILES string of the molecule is CN1C(=O)[C@@H](NC(=O)c2n[nH]c(Cc3ccccc3F)n2)COc2ccc3ncccc3c21. The van der Waals surface area contributed by atoms with Crippen molar-refractivity contribution in [1.82, 2.24) is 25.5 Å².